The van der Waals surface area contributed by atoms with E-state index in [1.54, 1.807) is 41.5 Å². The quantitative estimate of drug-likeness (QED) is 0.193. The molecular weight excluding hydrogens is 408 g/mol. The van der Waals surface area contributed by atoms with Gasteiger partial charge in [-0.25, -0.2) is 9.59 Å². The van der Waals surface area contributed by atoms with Crippen LogP contribution in [0.4, 0.5) is 9.59 Å². The van der Waals surface area contributed by atoms with Crippen LogP contribution in [-0.4, -0.2) is 49.0 Å². The third-order valence-corrected chi connectivity index (χ3v) is 4.23. The topological polar surface area (TPSA) is 101 Å². The Balaban J connectivity index is 4.25. The van der Waals surface area contributed by atoms with E-state index in [4.69, 9.17) is 9.47 Å². The summed E-state index contributed by atoms with van der Waals surface area (Å²) >= 11 is 0. The molecule has 8 nitrogen and oxygen atoms in total. The van der Waals surface area contributed by atoms with Crippen molar-refractivity contribution in [3.05, 3.63) is 0 Å². The van der Waals surface area contributed by atoms with Crippen LogP contribution in [0, 0.1) is 0 Å². The molecule has 8 heteroatoms. The third-order valence-electron chi connectivity index (χ3n) is 4.23. The summed E-state index contributed by atoms with van der Waals surface area (Å²) in [7, 11) is 0. The Hall–Kier alpha value is -1.83. The number of nitrogens with zero attached hydrogens (tertiary/aromatic N) is 1. The van der Waals surface area contributed by atoms with Gasteiger partial charge in [0.1, 0.15) is 11.2 Å². The fourth-order valence-electron chi connectivity index (χ4n) is 2.80. The van der Waals surface area contributed by atoms with Crippen molar-refractivity contribution in [1.82, 2.24) is 16.0 Å². The van der Waals surface area contributed by atoms with Gasteiger partial charge in [-0.05, 0) is 73.9 Å². The SMILES string of the molecule is CCCCCNCCCCCCCCN=C(NC(=O)OC(C)(C)C)NC(=O)OC(C)(C)C. The van der Waals surface area contributed by atoms with Gasteiger partial charge in [-0.2, -0.15) is 0 Å². The van der Waals surface area contributed by atoms with Crippen LogP contribution >= 0.6 is 0 Å². The van der Waals surface area contributed by atoms with Gasteiger partial charge < -0.3 is 14.8 Å². The highest BCUT2D eigenvalue weighted by atomic mass is 16.6. The summed E-state index contributed by atoms with van der Waals surface area (Å²) in [6, 6.07) is 0. The van der Waals surface area contributed by atoms with Gasteiger partial charge in [-0.1, -0.05) is 45.4 Å². The monoisotopic (exact) mass is 456 g/mol. The van der Waals surface area contributed by atoms with Crippen molar-refractivity contribution in [3.63, 3.8) is 0 Å². The van der Waals surface area contributed by atoms with Crippen molar-refractivity contribution in [3.8, 4) is 0 Å². The zero-order valence-corrected chi connectivity index (χ0v) is 21.6. The maximum atomic E-state index is 12.1. The molecule has 0 heterocycles. The molecular formula is C24H48N4O4. The molecule has 32 heavy (non-hydrogen) atoms. The molecule has 0 fully saturated rings. The van der Waals surface area contributed by atoms with Crippen LogP contribution in [0.5, 0.6) is 0 Å². The normalized spacial score (nSPS) is 11.6. The van der Waals surface area contributed by atoms with E-state index in [9.17, 15) is 9.59 Å². The lowest BCUT2D eigenvalue weighted by atomic mass is 10.1. The smallest absolute Gasteiger partial charge is 0.414 e. The lowest BCUT2D eigenvalue weighted by Crippen LogP contribution is -2.47. The average molecular weight is 457 g/mol. The number of ether oxygens (including phenoxy) is 2. The molecule has 0 aliphatic carbocycles. The molecule has 0 aromatic rings. The first-order valence-corrected chi connectivity index (χ1v) is 12.2. The Labute approximate surface area is 195 Å². The Bertz CT molecular complexity index is 519. The molecule has 2 amide bonds. The van der Waals surface area contributed by atoms with E-state index in [1.807, 2.05) is 0 Å². The number of hydrogen-bond donors (Lipinski definition) is 3. The van der Waals surface area contributed by atoms with Gasteiger partial charge in [0.05, 0.1) is 0 Å². The zero-order chi connectivity index (χ0) is 24.5. The molecule has 0 bridgehead atoms. The summed E-state index contributed by atoms with van der Waals surface area (Å²) in [5.74, 6) is 0.0441. The van der Waals surface area contributed by atoms with E-state index in [0.717, 1.165) is 32.4 Å². The summed E-state index contributed by atoms with van der Waals surface area (Å²) in [6.45, 7) is 15.6. The van der Waals surface area contributed by atoms with E-state index in [2.05, 4.69) is 27.9 Å². The van der Waals surface area contributed by atoms with E-state index in [1.165, 1.54) is 38.5 Å². The minimum Gasteiger partial charge on any atom is -0.444 e. The molecule has 0 saturated heterocycles. The lowest BCUT2D eigenvalue weighted by Gasteiger charge is -2.22. The fourth-order valence-corrected chi connectivity index (χ4v) is 2.80. The van der Waals surface area contributed by atoms with Crippen molar-refractivity contribution in [2.24, 2.45) is 4.99 Å². The summed E-state index contributed by atoms with van der Waals surface area (Å²) in [5.41, 5.74) is -1.29. The molecule has 0 saturated carbocycles. The molecule has 0 spiro atoms. The predicted octanol–water partition coefficient (Wildman–Crippen LogP) is 5.51. The number of unbranched alkanes of at least 4 members (excludes halogenated alkanes) is 7. The number of alkyl carbamates (subject to hydrolysis) is 2. The minimum absolute atomic E-state index is 0.0441. The van der Waals surface area contributed by atoms with E-state index in [0.29, 0.717) is 6.54 Å². The molecule has 188 valence electrons. The van der Waals surface area contributed by atoms with E-state index in [-0.39, 0.29) is 5.96 Å². The van der Waals surface area contributed by atoms with Crippen molar-refractivity contribution in [2.75, 3.05) is 19.6 Å². The number of rotatable bonds is 13. The highest BCUT2D eigenvalue weighted by Crippen LogP contribution is 2.08. The molecule has 0 radical (unpaired) electrons. The molecule has 0 aromatic carbocycles. The van der Waals surface area contributed by atoms with Crippen molar-refractivity contribution < 1.29 is 19.1 Å². The van der Waals surface area contributed by atoms with Gasteiger partial charge in [0.2, 0.25) is 5.96 Å². The molecule has 0 aromatic heterocycles. The van der Waals surface area contributed by atoms with Crippen LogP contribution < -0.4 is 16.0 Å². The van der Waals surface area contributed by atoms with Crippen LogP contribution in [0.2, 0.25) is 0 Å². The van der Waals surface area contributed by atoms with Gasteiger partial charge >= 0.3 is 12.2 Å². The third kappa shape index (κ3) is 21.4. The average Bonchev–Trinajstić information content (AvgIpc) is 2.62. The van der Waals surface area contributed by atoms with Crippen molar-refractivity contribution >= 4 is 18.1 Å². The molecule has 0 rings (SSSR count). The second-order valence-electron chi connectivity index (χ2n) is 10.1. The summed E-state index contributed by atoms with van der Waals surface area (Å²) in [4.78, 5) is 28.4. The highest BCUT2D eigenvalue weighted by molar-refractivity contribution is 6.01. The second-order valence-corrected chi connectivity index (χ2v) is 10.1. The number of carbonyl (C=O) groups excluding carboxylic acids is 2. The summed E-state index contributed by atoms with van der Waals surface area (Å²) < 4.78 is 10.5. The first kappa shape index (κ1) is 30.2. The summed E-state index contributed by atoms with van der Waals surface area (Å²) in [5, 5.41) is 8.50. The largest absolute Gasteiger partial charge is 0.444 e. The van der Waals surface area contributed by atoms with Crippen molar-refractivity contribution in [1.29, 1.82) is 0 Å². The maximum absolute atomic E-state index is 12.1. The number of nitrogens with one attached hydrogen (secondary N) is 3. The first-order chi connectivity index (χ1) is 14.9. The Morgan fingerprint density at radius 3 is 1.59 bits per heavy atom. The van der Waals surface area contributed by atoms with Gasteiger partial charge in [0, 0.05) is 6.54 Å². The number of hydrogen-bond acceptors (Lipinski definition) is 6. The van der Waals surface area contributed by atoms with Crippen LogP contribution in [0.1, 0.15) is 106 Å². The van der Waals surface area contributed by atoms with E-state index < -0.39 is 23.4 Å². The number of guanidine groups is 1. The second kappa shape index (κ2) is 16.8. The molecule has 0 atom stereocenters. The fraction of sp³-hybridized carbons (Fsp3) is 0.875. The Morgan fingerprint density at radius 2 is 1.12 bits per heavy atom. The molecule has 0 aliphatic rings. The van der Waals surface area contributed by atoms with Gasteiger partial charge in [0.25, 0.3) is 0 Å². The van der Waals surface area contributed by atoms with Crippen molar-refractivity contribution in [2.45, 2.75) is 117 Å². The van der Waals surface area contributed by atoms with Crippen LogP contribution in [0.3, 0.4) is 0 Å². The molecule has 0 aliphatic heterocycles. The Morgan fingerprint density at radius 1 is 0.688 bits per heavy atom. The predicted molar refractivity (Wildman–Crippen MR) is 131 cm³/mol. The van der Waals surface area contributed by atoms with Gasteiger partial charge in [0.15, 0.2) is 0 Å². The standard InChI is InChI=1S/C24H48N4O4/c1-8-9-14-17-25-18-15-12-10-11-13-16-19-26-20(27-21(29)31-23(2,3)4)28-22(30)32-24(5,6)7/h25H,8-19H2,1-7H3,(H2,26,27,28,29,30). The minimum atomic E-state index is -0.671. The summed E-state index contributed by atoms with van der Waals surface area (Å²) in [6.07, 6.45) is 9.24. The van der Waals surface area contributed by atoms with Crippen LogP contribution in [-0.2, 0) is 9.47 Å². The maximum Gasteiger partial charge on any atom is 0.414 e. The lowest BCUT2D eigenvalue weighted by molar-refractivity contribution is 0.0545. The number of aliphatic imine (C=N–C) groups is 1. The Kier molecular flexibility index (Phi) is 15.8. The van der Waals surface area contributed by atoms with Crippen LogP contribution in [0.15, 0.2) is 4.99 Å². The van der Waals surface area contributed by atoms with Gasteiger partial charge in [-0.3, -0.25) is 15.6 Å². The number of carbonyl (C=O) groups is 2. The molecule has 0 unspecified atom stereocenters. The van der Waals surface area contributed by atoms with Gasteiger partial charge in [-0.15, -0.1) is 0 Å². The molecule has 3 N–H and O–H groups in total. The first-order valence-electron chi connectivity index (χ1n) is 12.2. The van der Waals surface area contributed by atoms with Crippen LogP contribution in [0.25, 0.3) is 0 Å². The highest BCUT2D eigenvalue weighted by Gasteiger charge is 2.21. The van der Waals surface area contributed by atoms with E-state index >= 15 is 0 Å². The number of amides is 2. The zero-order valence-electron chi connectivity index (χ0n) is 21.6.